The molecule has 0 atom stereocenters. The maximum absolute atomic E-state index is 12.5. The molecule has 0 aromatic heterocycles. The SMILES string of the molecule is O=C(O)c1ccc(CCNC(=O)c2cc(N3CCNC3=O)ccc2Cl)cc1. The Morgan fingerprint density at radius 1 is 1.19 bits per heavy atom. The first-order chi connectivity index (χ1) is 13.0. The molecule has 3 rings (SSSR count). The number of halogens is 1. The summed E-state index contributed by atoms with van der Waals surface area (Å²) in [6.07, 6.45) is 0.553. The molecular weight excluding hydrogens is 370 g/mol. The van der Waals surface area contributed by atoms with Gasteiger partial charge in [0.2, 0.25) is 0 Å². The van der Waals surface area contributed by atoms with Crippen molar-refractivity contribution in [3.63, 3.8) is 0 Å². The van der Waals surface area contributed by atoms with Crippen LogP contribution in [0.2, 0.25) is 5.02 Å². The first kappa shape index (κ1) is 18.7. The van der Waals surface area contributed by atoms with Gasteiger partial charge >= 0.3 is 12.0 Å². The number of nitrogens with one attached hydrogen (secondary N) is 2. The number of carboxylic acid groups (broad SMARTS) is 1. The van der Waals surface area contributed by atoms with Crippen molar-refractivity contribution in [2.24, 2.45) is 0 Å². The van der Waals surface area contributed by atoms with Gasteiger partial charge in [0, 0.05) is 25.3 Å². The summed E-state index contributed by atoms with van der Waals surface area (Å²) in [7, 11) is 0. The fourth-order valence-electron chi connectivity index (χ4n) is 2.80. The van der Waals surface area contributed by atoms with E-state index in [0.29, 0.717) is 42.3 Å². The van der Waals surface area contributed by atoms with Crippen molar-refractivity contribution >= 4 is 35.2 Å². The molecule has 0 unspecified atom stereocenters. The predicted molar refractivity (Wildman–Crippen MR) is 102 cm³/mol. The Labute approximate surface area is 160 Å². The van der Waals surface area contributed by atoms with Crippen LogP contribution < -0.4 is 15.5 Å². The van der Waals surface area contributed by atoms with Gasteiger partial charge in [0.05, 0.1) is 16.1 Å². The van der Waals surface area contributed by atoms with Crippen LogP contribution in [0.1, 0.15) is 26.3 Å². The molecule has 140 valence electrons. The number of hydrogen-bond acceptors (Lipinski definition) is 3. The highest BCUT2D eigenvalue weighted by Crippen LogP contribution is 2.24. The monoisotopic (exact) mass is 387 g/mol. The Morgan fingerprint density at radius 3 is 2.56 bits per heavy atom. The number of anilines is 1. The summed E-state index contributed by atoms with van der Waals surface area (Å²) in [6, 6.07) is 11.2. The summed E-state index contributed by atoms with van der Waals surface area (Å²) in [5, 5.41) is 14.7. The van der Waals surface area contributed by atoms with Crippen LogP contribution in [0.25, 0.3) is 0 Å². The second-order valence-corrected chi connectivity index (χ2v) is 6.46. The van der Waals surface area contributed by atoms with Gasteiger partial charge in [-0.1, -0.05) is 23.7 Å². The second-order valence-electron chi connectivity index (χ2n) is 6.06. The maximum atomic E-state index is 12.5. The zero-order chi connectivity index (χ0) is 19.4. The van der Waals surface area contributed by atoms with E-state index in [9.17, 15) is 14.4 Å². The number of carbonyl (C=O) groups excluding carboxylic acids is 2. The summed E-state index contributed by atoms with van der Waals surface area (Å²) in [5.41, 5.74) is 2.05. The zero-order valence-electron chi connectivity index (χ0n) is 14.4. The molecule has 1 fully saturated rings. The third-order valence-electron chi connectivity index (χ3n) is 4.26. The Morgan fingerprint density at radius 2 is 1.93 bits per heavy atom. The third kappa shape index (κ3) is 4.38. The number of urea groups is 1. The topological polar surface area (TPSA) is 98.7 Å². The minimum absolute atomic E-state index is 0.200. The number of aromatic carboxylic acids is 1. The van der Waals surface area contributed by atoms with Gasteiger partial charge in [-0.05, 0) is 42.3 Å². The Hall–Kier alpha value is -3.06. The van der Waals surface area contributed by atoms with Crippen molar-refractivity contribution in [1.29, 1.82) is 0 Å². The highest BCUT2D eigenvalue weighted by atomic mass is 35.5. The lowest BCUT2D eigenvalue weighted by molar-refractivity contribution is 0.0696. The molecule has 3 amide bonds. The van der Waals surface area contributed by atoms with Gasteiger partial charge in [0.1, 0.15) is 0 Å². The Kier molecular flexibility index (Phi) is 5.61. The molecule has 3 N–H and O–H groups in total. The first-order valence-electron chi connectivity index (χ1n) is 8.41. The molecule has 0 spiro atoms. The van der Waals surface area contributed by atoms with Gasteiger partial charge in [0.15, 0.2) is 0 Å². The summed E-state index contributed by atoms with van der Waals surface area (Å²) in [4.78, 5) is 36.6. The molecule has 0 radical (unpaired) electrons. The van der Waals surface area contributed by atoms with E-state index in [-0.39, 0.29) is 17.5 Å². The van der Waals surface area contributed by atoms with Gasteiger partial charge in [-0.3, -0.25) is 9.69 Å². The quantitative estimate of drug-likeness (QED) is 0.709. The minimum atomic E-state index is -0.976. The fraction of sp³-hybridized carbons (Fsp3) is 0.211. The number of hydrogen-bond donors (Lipinski definition) is 3. The molecular formula is C19H18ClN3O4. The van der Waals surface area contributed by atoms with Crippen LogP contribution in [0, 0.1) is 0 Å². The normalized spacial score (nSPS) is 13.4. The molecule has 2 aromatic rings. The van der Waals surface area contributed by atoms with Crippen molar-refractivity contribution in [3.8, 4) is 0 Å². The Bertz CT molecular complexity index is 883. The number of rotatable bonds is 6. The largest absolute Gasteiger partial charge is 0.478 e. The van der Waals surface area contributed by atoms with E-state index in [0.717, 1.165) is 5.56 Å². The highest BCUT2D eigenvalue weighted by molar-refractivity contribution is 6.34. The zero-order valence-corrected chi connectivity index (χ0v) is 15.1. The van der Waals surface area contributed by atoms with Crippen LogP contribution in [-0.4, -0.2) is 42.6 Å². The molecule has 7 nitrogen and oxygen atoms in total. The average Bonchev–Trinajstić information content (AvgIpc) is 3.08. The van der Waals surface area contributed by atoms with Crippen LogP contribution >= 0.6 is 11.6 Å². The van der Waals surface area contributed by atoms with E-state index in [1.54, 1.807) is 35.2 Å². The van der Waals surface area contributed by atoms with Gasteiger partial charge in [0.25, 0.3) is 5.91 Å². The number of benzene rings is 2. The van der Waals surface area contributed by atoms with E-state index in [4.69, 9.17) is 16.7 Å². The second kappa shape index (κ2) is 8.09. The Balaban J connectivity index is 1.62. The fourth-order valence-corrected chi connectivity index (χ4v) is 3.01. The van der Waals surface area contributed by atoms with Crippen molar-refractivity contribution in [3.05, 3.63) is 64.2 Å². The molecule has 1 aliphatic rings. The van der Waals surface area contributed by atoms with Crippen molar-refractivity contribution in [2.45, 2.75) is 6.42 Å². The lowest BCUT2D eigenvalue weighted by Crippen LogP contribution is -2.29. The average molecular weight is 388 g/mol. The van der Waals surface area contributed by atoms with Crippen LogP contribution in [0.3, 0.4) is 0 Å². The van der Waals surface area contributed by atoms with E-state index in [2.05, 4.69) is 10.6 Å². The minimum Gasteiger partial charge on any atom is -0.478 e. The van der Waals surface area contributed by atoms with Crippen LogP contribution in [0.15, 0.2) is 42.5 Å². The molecule has 1 aliphatic heterocycles. The van der Waals surface area contributed by atoms with Crippen LogP contribution in [-0.2, 0) is 6.42 Å². The van der Waals surface area contributed by atoms with Gasteiger partial charge < -0.3 is 15.7 Å². The third-order valence-corrected chi connectivity index (χ3v) is 4.59. The summed E-state index contributed by atoms with van der Waals surface area (Å²) < 4.78 is 0. The van der Waals surface area contributed by atoms with E-state index >= 15 is 0 Å². The molecule has 1 heterocycles. The molecule has 0 saturated carbocycles. The van der Waals surface area contributed by atoms with Gasteiger partial charge in [-0.15, -0.1) is 0 Å². The number of carbonyl (C=O) groups is 3. The lowest BCUT2D eigenvalue weighted by atomic mass is 10.1. The lowest BCUT2D eigenvalue weighted by Gasteiger charge is -2.16. The predicted octanol–water partition coefficient (Wildman–Crippen LogP) is 2.54. The number of carboxylic acids is 1. The van der Waals surface area contributed by atoms with Crippen molar-refractivity contribution in [1.82, 2.24) is 10.6 Å². The summed E-state index contributed by atoms with van der Waals surface area (Å²) in [5.74, 6) is -1.31. The van der Waals surface area contributed by atoms with Gasteiger partial charge in [-0.2, -0.15) is 0 Å². The van der Waals surface area contributed by atoms with E-state index in [1.807, 2.05) is 0 Å². The molecule has 27 heavy (non-hydrogen) atoms. The standard InChI is InChI=1S/C19H18ClN3O4/c20-16-6-5-14(23-10-9-22-19(23)27)11-15(16)17(24)21-8-7-12-1-3-13(4-2-12)18(25)26/h1-6,11H,7-10H2,(H,21,24)(H,22,27)(H,25,26). The van der Waals surface area contributed by atoms with Crippen molar-refractivity contribution < 1.29 is 19.5 Å². The summed E-state index contributed by atoms with van der Waals surface area (Å²) >= 11 is 6.14. The summed E-state index contributed by atoms with van der Waals surface area (Å²) in [6.45, 7) is 1.47. The number of nitrogens with zero attached hydrogens (tertiary/aromatic N) is 1. The molecule has 8 heteroatoms. The van der Waals surface area contributed by atoms with E-state index < -0.39 is 5.97 Å². The van der Waals surface area contributed by atoms with E-state index in [1.165, 1.54) is 12.1 Å². The van der Waals surface area contributed by atoms with Crippen LogP contribution in [0.5, 0.6) is 0 Å². The van der Waals surface area contributed by atoms with Crippen LogP contribution in [0.4, 0.5) is 10.5 Å². The number of amides is 3. The van der Waals surface area contributed by atoms with Crippen molar-refractivity contribution in [2.75, 3.05) is 24.5 Å². The first-order valence-corrected chi connectivity index (χ1v) is 8.79. The molecule has 0 bridgehead atoms. The molecule has 0 aliphatic carbocycles. The van der Waals surface area contributed by atoms with Gasteiger partial charge in [-0.25, -0.2) is 9.59 Å². The highest BCUT2D eigenvalue weighted by Gasteiger charge is 2.22. The molecule has 2 aromatic carbocycles. The smallest absolute Gasteiger partial charge is 0.335 e. The molecule has 1 saturated heterocycles. The maximum Gasteiger partial charge on any atom is 0.335 e.